The first-order chi connectivity index (χ1) is 25.4. The van der Waals surface area contributed by atoms with Gasteiger partial charge in [-0.25, -0.2) is 9.37 Å². The van der Waals surface area contributed by atoms with E-state index in [1.54, 1.807) is 16.2 Å². The molecule has 1 aromatic heterocycles. The van der Waals surface area contributed by atoms with E-state index in [0.717, 1.165) is 59.3 Å². The van der Waals surface area contributed by atoms with Gasteiger partial charge in [0.15, 0.2) is 5.67 Å². The lowest BCUT2D eigenvalue weighted by Gasteiger charge is -2.39. The number of thioether (sulfide) groups is 1. The van der Waals surface area contributed by atoms with Crippen LogP contribution in [0.1, 0.15) is 77.0 Å². The molecule has 1 aliphatic carbocycles. The third-order valence-electron chi connectivity index (χ3n) is 10.5. The molecule has 1 saturated carbocycles. The van der Waals surface area contributed by atoms with E-state index < -0.39 is 29.1 Å². The summed E-state index contributed by atoms with van der Waals surface area (Å²) in [6, 6.07) is 15.1. The van der Waals surface area contributed by atoms with Crippen molar-refractivity contribution in [2.45, 2.75) is 102 Å². The predicted molar refractivity (Wildman–Crippen MR) is 210 cm³/mol. The van der Waals surface area contributed by atoms with Gasteiger partial charge in [0.1, 0.15) is 17.8 Å². The number of rotatable bonds is 17. The summed E-state index contributed by atoms with van der Waals surface area (Å²) >= 11 is 3.52. The maximum absolute atomic E-state index is 14.5. The number of ether oxygens (including phenoxy) is 1. The molecule has 3 fully saturated rings. The highest BCUT2D eigenvalue weighted by Crippen LogP contribution is 2.40. The Morgan fingerprint density at radius 1 is 1.11 bits per heavy atom. The van der Waals surface area contributed by atoms with Crippen LogP contribution in [0, 0.1) is 18.3 Å². The van der Waals surface area contributed by atoms with Gasteiger partial charge in [-0.15, -0.1) is 23.1 Å². The van der Waals surface area contributed by atoms with Crippen LogP contribution in [0.5, 0.6) is 5.75 Å². The number of nitrogens with zero attached hydrogens (tertiary/aromatic N) is 3. The molecule has 3 heterocycles. The molecule has 2 aromatic carbocycles. The summed E-state index contributed by atoms with van der Waals surface area (Å²) in [5.74, 6) is 1.15. The van der Waals surface area contributed by atoms with E-state index in [9.17, 15) is 18.8 Å². The Bertz CT molecular complexity index is 1720. The highest BCUT2D eigenvalue weighted by Gasteiger charge is 2.53. The van der Waals surface area contributed by atoms with Crippen molar-refractivity contribution in [1.29, 1.82) is 0 Å². The van der Waals surface area contributed by atoms with Gasteiger partial charge in [0.25, 0.3) is 5.91 Å². The van der Waals surface area contributed by atoms with Crippen molar-refractivity contribution in [3.63, 3.8) is 0 Å². The number of amides is 3. The quantitative estimate of drug-likeness (QED) is 0.112. The molecule has 2 atom stereocenters. The Kier molecular flexibility index (Phi) is 12.8. The lowest BCUT2D eigenvalue weighted by Crippen LogP contribution is -2.58. The standard InChI is InChI=1S/C41H54FN5O4S2/c1-28-35(53-27-44-28)30-14-15-31(34(23-30)51-21-16-29-25-46(26-29)19-8-9-22-52-32-11-6-5-7-12-32)24-43-37(48)33-13-10-20-47(33)38(49)36(40(2,3)4)45-39(50)41(42)17-18-41/h5-7,11-12,14-15,23,27,29,33,36H,8-10,13,16-22,24-26H2,1-4H3,(H,43,48)(H,45,50)/t33-,36?/m0/s1. The summed E-state index contributed by atoms with van der Waals surface area (Å²) in [5, 5.41) is 5.75. The van der Waals surface area contributed by atoms with Crippen LogP contribution in [0.2, 0.25) is 0 Å². The van der Waals surface area contributed by atoms with Crippen molar-refractivity contribution >= 4 is 40.8 Å². The van der Waals surface area contributed by atoms with Gasteiger partial charge in [-0.3, -0.25) is 14.4 Å². The number of benzene rings is 2. The summed E-state index contributed by atoms with van der Waals surface area (Å²) < 4.78 is 21.0. The van der Waals surface area contributed by atoms with E-state index in [2.05, 4.69) is 50.8 Å². The number of hydrogen-bond acceptors (Lipinski definition) is 8. The monoisotopic (exact) mass is 763 g/mol. The molecule has 2 aliphatic heterocycles. The fraction of sp³-hybridized carbons (Fsp3) is 0.561. The molecule has 1 unspecified atom stereocenters. The van der Waals surface area contributed by atoms with Crippen LogP contribution in [-0.2, 0) is 20.9 Å². The first-order valence-corrected chi connectivity index (χ1v) is 20.9. The lowest BCUT2D eigenvalue weighted by atomic mass is 9.85. The number of halogens is 1. The SMILES string of the molecule is Cc1ncsc1-c1ccc(CNC(=O)[C@@H]2CCCN2C(=O)C(NC(=O)C2(F)CC2)C(C)(C)C)c(OCCC2CN(CCCCSc3ccccc3)C2)c1. The second kappa shape index (κ2) is 17.3. The molecule has 0 radical (unpaired) electrons. The molecular formula is C41H54FN5O4S2. The van der Waals surface area contributed by atoms with E-state index in [1.807, 2.05) is 63.2 Å². The molecule has 0 bridgehead atoms. The molecule has 286 valence electrons. The first-order valence-electron chi connectivity index (χ1n) is 19.1. The molecule has 2 N–H and O–H groups in total. The smallest absolute Gasteiger partial charge is 0.258 e. The van der Waals surface area contributed by atoms with Gasteiger partial charge >= 0.3 is 0 Å². The molecule has 0 spiro atoms. The fourth-order valence-electron chi connectivity index (χ4n) is 7.09. The summed E-state index contributed by atoms with van der Waals surface area (Å²) in [4.78, 5) is 51.0. The third-order valence-corrected chi connectivity index (χ3v) is 12.6. The van der Waals surface area contributed by atoms with Crippen molar-refractivity contribution in [3.8, 4) is 16.2 Å². The lowest BCUT2D eigenvalue weighted by molar-refractivity contribution is -0.144. The Hall–Kier alpha value is -3.48. The van der Waals surface area contributed by atoms with Crippen LogP contribution in [0.15, 0.2) is 58.9 Å². The molecule has 9 nitrogen and oxygen atoms in total. The molecule has 3 aromatic rings. The number of thiazole rings is 1. The average Bonchev–Trinajstić information content (AvgIpc) is 3.46. The van der Waals surface area contributed by atoms with Crippen molar-refractivity contribution in [3.05, 3.63) is 65.3 Å². The Labute approximate surface area is 321 Å². The average molecular weight is 764 g/mol. The van der Waals surface area contributed by atoms with E-state index in [1.165, 1.54) is 17.7 Å². The Morgan fingerprint density at radius 3 is 2.58 bits per heavy atom. The maximum atomic E-state index is 14.5. The van der Waals surface area contributed by atoms with Crippen molar-refractivity contribution < 1.29 is 23.5 Å². The van der Waals surface area contributed by atoms with E-state index >= 15 is 0 Å². The molecule has 2 saturated heterocycles. The van der Waals surface area contributed by atoms with Gasteiger partial charge in [-0.1, -0.05) is 51.1 Å². The molecule has 53 heavy (non-hydrogen) atoms. The van der Waals surface area contributed by atoms with Crippen LogP contribution in [0.3, 0.4) is 0 Å². The minimum Gasteiger partial charge on any atom is -0.493 e. The Morgan fingerprint density at radius 2 is 1.89 bits per heavy atom. The van der Waals surface area contributed by atoms with Crippen LogP contribution in [-0.4, -0.2) is 88.8 Å². The normalized spacial score (nSPS) is 19.0. The topological polar surface area (TPSA) is 104 Å². The highest BCUT2D eigenvalue weighted by molar-refractivity contribution is 7.99. The van der Waals surface area contributed by atoms with E-state index in [0.29, 0.717) is 31.9 Å². The minimum atomic E-state index is -1.89. The summed E-state index contributed by atoms with van der Waals surface area (Å²) in [6.45, 7) is 12.1. The second-order valence-corrected chi connectivity index (χ2v) is 17.9. The van der Waals surface area contributed by atoms with Crippen LogP contribution >= 0.6 is 23.1 Å². The van der Waals surface area contributed by atoms with E-state index in [-0.39, 0.29) is 31.2 Å². The van der Waals surface area contributed by atoms with Gasteiger partial charge in [0.05, 0.1) is 22.7 Å². The highest BCUT2D eigenvalue weighted by atomic mass is 32.2. The third kappa shape index (κ3) is 10.2. The minimum absolute atomic E-state index is 0.171. The van der Waals surface area contributed by atoms with Gasteiger partial charge < -0.3 is 25.2 Å². The fourth-order valence-corrected chi connectivity index (χ4v) is 8.83. The van der Waals surface area contributed by atoms with E-state index in [4.69, 9.17) is 4.74 Å². The summed E-state index contributed by atoms with van der Waals surface area (Å²) in [7, 11) is 0. The molecule has 3 amide bonds. The molecular weight excluding hydrogens is 710 g/mol. The predicted octanol–water partition coefficient (Wildman–Crippen LogP) is 7.03. The summed E-state index contributed by atoms with van der Waals surface area (Å²) in [6.07, 6.45) is 4.92. The molecule has 6 rings (SSSR count). The Balaban J connectivity index is 1.01. The largest absolute Gasteiger partial charge is 0.493 e. The van der Waals surface area contributed by atoms with Gasteiger partial charge in [0, 0.05) is 36.6 Å². The molecule has 3 aliphatic rings. The number of aryl methyl sites for hydroxylation is 1. The van der Waals surface area contributed by atoms with Gasteiger partial charge in [-0.2, -0.15) is 0 Å². The number of alkyl halides is 1. The number of unbranched alkanes of at least 4 members (excludes halogenated alkanes) is 1. The van der Waals surface area contributed by atoms with Crippen LogP contribution in [0.4, 0.5) is 4.39 Å². The van der Waals surface area contributed by atoms with Gasteiger partial charge in [0.2, 0.25) is 11.8 Å². The van der Waals surface area contributed by atoms with Crippen LogP contribution in [0.25, 0.3) is 10.4 Å². The number of carbonyl (C=O) groups excluding carboxylic acids is 3. The maximum Gasteiger partial charge on any atom is 0.258 e. The van der Waals surface area contributed by atoms with Crippen LogP contribution < -0.4 is 15.4 Å². The molecule has 12 heteroatoms. The number of nitrogens with one attached hydrogen (secondary N) is 2. The zero-order chi connectivity index (χ0) is 37.6. The van der Waals surface area contributed by atoms with Crippen molar-refractivity contribution in [2.24, 2.45) is 11.3 Å². The van der Waals surface area contributed by atoms with Gasteiger partial charge in [-0.05, 0) is 99.3 Å². The number of aromatic nitrogens is 1. The zero-order valence-electron chi connectivity index (χ0n) is 31.5. The number of carbonyl (C=O) groups is 3. The van der Waals surface area contributed by atoms with Crippen molar-refractivity contribution in [2.75, 3.05) is 38.5 Å². The zero-order valence-corrected chi connectivity index (χ0v) is 33.1. The number of likely N-dealkylation sites (tertiary alicyclic amines) is 2. The number of hydrogen-bond donors (Lipinski definition) is 2. The van der Waals surface area contributed by atoms with Crippen molar-refractivity contribution in [1.82, 2.24) is 25.4 Å². The summed E-state index contributed by atoms with van der Waals surface area (Å²) in [5.41, 5.74) is 2.15. The first kappa shape index (κ1) is 39.2. The second-order valence-electron chi connectivity index (χ2n) is 15.9.